The summed E-state index contributed by atoms with van der Waals surface area (Å²) in [5, 5.41) is 0. The molecule has 0 aromatic heterocycles. The Morgan fingerprint density at radius 3 is 1.80 bits per heavy atom. The topological polar surface area (TPSA) is 0 Å². The fraction of sp³-hybridized carbons (Fsp3) is 0. The second kappa shape index (κ2) is 6.54. The Morgan fingerprint density at radius 2 is 1.60 bits per heavy atom. The number of rotatable bonds is 0. The van der Waals surface area contributed by atoms with E-state index >= 15 is 0 Å². The van der Waals surface area contributed by atoms with Gasteiger partial charge in [0.1, 0.15) is 0 Å². The maximum absolute atomic E-state index is 1.37. The van der Waals surface area contributed by atoms with Crippen molar-refractivity contribution in [3.8, 4) is 0 Å². The van der Waals surface area contributed by atoms with Gasteiger partial charge in [0, 0.05) is 0 Å². The molecule has 0 N–H and O–H groups in total. The van der Waals surface area contributed by atoms with E-state index in [1.807, 2.05) is 0 Å². The van der Waals surface area contributed by atoms with Crippen molar-refractivity contribution in [1.29, 1.82) is 0 Å². The van der Waals surface area contributed by atoms with E-state index in [-0.39, 0.29) is 0 Å². The number of hydrogen-bond donors (Lipinski definition) is 0. The minimum absolute atomic E-state index is 0.426. The molecule has 1 aliphatic heterocycles. The van der Waals surface area contributed by atoms with Crippen LogP contribution in [0.5, 0.6) is 0 Å². The third-order valence-electron chi connectivity index (χ3n) is 0.616. The first-order valence-electron chi connectivity index (χ1n) is 1.83. The van der Waals surface area contributed by atoms with Crippen molar-refractivity contribution in [1.82, 2.24) is 0 Å². The van der Waals surface area contributed by atoms with Crippen LogP contribution in [0.25, 0.3) is 0 Å². The molecule has 0 saturated heterocycles. The molecule has 0 atom stereocenters. The summed E-state index contributed by atoms with van der Waals surface area (Å²) in [6.45, 7) is 0. The second-order valence-electron chi connectivity index (χ2n) is 1.08. The molecule has 5 heavy (non-hydrogen) atoms. The van der Waals surface area contributed by atoms with Gasteiger partial charge in [-0.15, -0.1) is 0 Å². The Balaban J connectivity index is 2.32. The maximum atomic E-state index is 1.37. The molecule has 0 bridgehead atoms. The van der Waals surface area contributed by atoms with E-state index < -0.39 is 0 Å². The van der Waals surface area contributed by atoms with E-state index in [2.05, 4.69) is 0 Å². The van der Waals surface area contributed by atoms with Crippen LogP contribution >= 0.6 is 0 Å². The average molecular weight is 562 g/mol. The Kier molecular flexibility index (Phi) is 11.7. The van der Waals surface area contributed by atoms with E-state index in [4.69, 9.17) is 0 Å². The predicted molar refractivity (Wildman–Crippen MR) is 28.8 cm³/mol. The summed E-state index contributed by atoms with van der Waals surface area (Å²) in [5.74, 6) is 0. The van der Waals surface area contributed by atoms with Gasteiger partial charge in [0.2, 0.25) is 0 Å². The minimum atomic E-state index is 0.426. The van der Waals surface area contributed by atoms with Crippen LogP contribution in [-0.4, -0.2) is 69.7 Å². The first kappa shape index (κ1) is 8.92. The zero-order valence-corrected chi connectivity index (χ0v) is 20.1. The molecule has 0 unspecified atom stereocenters. The first-order valence-corrected chi connectivity index (χ1v) is 82.3. The summed E-state index contributed by atoms with van der Waals surface area (Å²) in [6.07, 6.45) is 0. The van der Waals surface area contributed by atoms with Crippen LogP contribution in [0.4, 0.5) is 0 Å². The van der Waals surface area contributed by atoms with E-state index in [1.54, 1.807) is 0 Å². The quantitative estimate of drug-likeness (QED) is 0.303. The number of hydrogen-bond acceptors (Lipinski definition) is 0. The normalized spacial score (nSPS) is 17.6. The van der Waals surface area contributed by atoms with Crippen molar-refractivity contribution in [2.45, 2.75) is 0 Å². The molecule has 0 radical (unpaired) electrons. The predicted octanol–water partition coefficient (Wildman–Crippen LogP) is -1.90. The van der Waals surface area contributed by atoms with Gasteiger partial charge >= 0.3 is 69.7 Å². The van der Waals surface area contributed by atoms with Gasteiger partial charge < -0.3 is 0 Å². The fourth-order valence-corrected chi connectivity index (χ4v) is 3680. The van der Waals surface area contributed by atoms with Crippen molar-refractivity contribution in [3.05, 3.63) is 0 Å². The van der Waals surface area contributed by atoms with Crippen LogP contribution in [0.1, 0.15) is 0 Å². The van der Waals surface area contributed by atoms with Crippen molar-refractivity contribution in [2.75, 3.05) is 0 Å². The van der Waals surface area contributed by atoms with E-state index in [1.165, 1.54) is 8.21 Å². The van der Waals surface area contributed by atoms with E-state index in [0.717, 1.165) is 0 Å². The fourth-order valence-electron chi connectivity index (χ4n) is 0.354. The molecule has 0 aliphatic carbocycles. The molecule has 1 rings (SSSR count). The van der Waals surface area contributed by atoms with E-state index in [0.29, 0.717) is 61.4 Å². The summed E-state index contributed by atoms with van der Waals surface area (Å²) in [4.78, 5) is 0. The SMILES string of the molecule is [As]1=[As][Ba][Ba][Ba]1. The van der Waals surface area contributed by atoms with Crippen LogP contribution in [0.3, 0.4) is 0 Å². The van der Waals surface area contributed by atoms with Gasteiger partial charge in [0.15, 0.2) is 0 Å². The van der Waals surface area contributed by atoms with Crippen molar-refractivity contribution < 1.29 is 0 Å². The molecule has 0 aromatic rings. The molecule has 5 heteroatoms. The van der Waals surface area contributed by atoms with Gasteiger partial charge in [-0.05, 0) is 0 Å². The monoisotopic (exact) mass is 564 g/mol. The Morgan fingerprint density at radius 1 is 1.00 bits per heavy atom. The summed E-state index contributed by atoms with van der Waals surface area (Å²) >= 11 is 1.35. The Bertz CT molecular complexity index is 42.9. The Hall–Kier alpha value is 5.83. The second-order valence-corrected chi connectivity index (χ2v) is 315. The average Bonchev–Trinajstić information content (AvgIpc) is 1.76. The van der Waals surface area contributed by atoms with Crippen molar-refractivity contribution in [2.24, 2.45) is 0 Å². The molecule has 0 saturated carbocycles. The van der Waals surface area contributed by atoms with Crippen LogP contribution in [-0.2, 0) is 0 Å². The van der Waals surface area contributed by atoms with E-state index in [9.17, 15) is 0 Å². The first-order chi connectivity index (χ1) is 2.50. The van der Waals surface area contributed by atoms with Crippen molar-refractivity contribution in [3.63, 3.8) is 0 Å². The molecule has 0 spiro atoms. The molecule has 0 amide bonds. The molecule has 1 aliphatic rings. The zero-order chi connectivity index (χ0) is 3.54. The van der Waals surface area contributed by atoms with Gasteiger partial charge in [-0.1, -0.05) is 0 Å². The molecule has 0 nitrogen and oxygen atoms in total. The summed E-state index contributed by atoms with van der Waals surface area (Å²) < 4.78 is 2.74. The van der Waals surface area contributed by atoms with Crippen LogP contribution in [0.2, 0.25) is 0 Å². The molecule has 0 fully saturated rings. The van der Waals surface area contributed by atoms with Crippen LogP contribution in [0.15, 0.2) is 0 Å². The third-order valence-corrected chi connectivity index (χ3v) is 1060. The summed E-state index contributed by atoms with van der Waals surface area (Å²) in [5.41, 5.74) is 0. The zero-order valence-electron chi connectivity index (χ0n) is 3.02. The van der Waals surface area contributed by atoms with Crippen LogP contribution < -0.4 is 0 Å². The standard InChI is InChI=1S/As2.3Ba/c1-2;;;/q-2;;2*+1. The van der Waals surface area contributed by atoms with Crippen molar-refractivity contribution >= 4 is 69.7 Å². The molecule has 0 aromatic carbocycles. The molecular weight excluding hydrogens is 562 g/mol. The molecule has 16 valence electrons. The van der Waals surface area contributed by atoms with Gasteiger partial charge in [-0.2, -0.15) is 0 Å². The van der Waals surface area contributed by atoms with Gasteiger partial charge in [-0.25, -0.2) is 0 Å². The molecule has 1 heterocycles. The molecular formula is As2Ba3. The van der Waals surface area contributed by atoms with Gasteiger partial charge in [0.05, 0.1) is 0 Å². The summed E-state index contributed by atoms with van der Waals surface area (Å²) in [6, 6.07) is 0. The summed E-state index contributed by atoms with van der Waals surface area (Å²) in [7, 11) is 0. The van der Waals surface area contributed by atoms with Crippen LogP contribution in [0, 0.1) is 0 Å². The van der Waals surface area contributed by atoms with Gasteiger partial charge in [0.25, 0.3) is 0 Å². The Labute approximate surface area is 63.1 Å². The van der Waals surface area contributed by atoms with Gasteiger partial charge in [-0.3, -0.25) is 0 Å². The third kappa shape index (κ3) is 5.14.